The number of piperidine rings is 1. The molecule has 0 radical (unpaired) electrons. The first-order valence-electron chi connectivity index (χ1n) is 10.2. The molecule has 1 aliphatic rings. The third-order valence-electron chi connectivity index (χ3n) is 5.20. The van der Waals surface area contributed by atoms with Crippen LogP contribution in [0.1, 0.15) is 43.5 Å². The molecule has 2 N–H and O–H groups in total. The van der Waals surface area contributed by atoms with Gasteiger partial charge in [0.2, 0.25) is 5.91 Å². The highest BCUT2D eigenvalue weighted by molar-refractivity contribution is 6.01. The predicted octanol–water partition coefficient (Wildman–Crippen LogP) is 4.21. The number of carbonyl (C=O) groups is 2. The summed E-state index contributed by atoms with van der Waals surface area (Å²) in [5.74, 6) is -1.19. The van der Waals surface area contributed by atoms with Crippen molar-refractivity contribution in [3.63, 3.8) is 0 Å². The first-order chi connectivity index (χ1) is 13.9. The molecule has 2 amide bonds. The summed E-state index contributed by atoms with van der Waals surface area (Å²) in [6.07, 6.45) is 3.70. The highest BCUT2D eigenvalue weighted by Gasteiger charge is 2.25. The molecule has 0 aliphatic carbocycles. The van der Waals surface area contributed by atoms with Crippen molar-refractivity contribution in [1.29, 1.82) is 0 Å². The Hall–Kier alpha value is -2.89. The highest BCUT2D eigenvalue weighted by Crippen LogP contribution is 2.22. The summed E-state index contributed by atoms with van der Waals surface area (Å²) in [5.41, 5.74) is 2.17. The first-order valence-corrected chi connectivity index (χ1v) is 10.2. The highest BCUT2D eigenvalue weighted by atomic mass is 19.1. The largest absolute Gasteiger partial charge is 0.372 e. The molecule has 1 unspecified atom stereocenters. The van der Waals surface area contributed by atoms with Crippen molar-refractivity contribution in [2.24, 2.45) is 5.92 Å². The van der Waals surface area contributed by atoms with Gasteiger partial charge in [-0.1, -0.05) is 13.8 Å². The van der Waals surface area contributed by atoms with Gasteiger partial charge in [-0.05, 0) is 73.7 Å². The van der Waals surface area contributed by atoms with Gasteiger partial charge in [0.15, 0.2) is 0 Å². The van der Waals surface area contributed by atoms with E-state index in [0.29, 0.717) is 11.3 Å². The number of halogens is 1. The Morgan fingerprint density at radius 1 is 0.931 bits per heavy atom. The number of benzene rings is 2. The van der Waals surface area contributed by atoms with E-state index in [1.807, 2.05) is 38.1 Å². The van der Waals surface area contributed by atoms with E-state index in [1.54, 1.807) is 0 Å². The Labute approximate surface area is 171 Å². The van der Waals surface area contributed by atoms with E-state index in [9.17, 15) is 14.0 Å². The van der Waals surface area contributed by atoms with E-state index in [2.05, 4.69) is 15.5 Å². The lowest BCUT2D eigenvalue weighted by atomic mass is 10.0. The molecule has 0 spiro atoms. The molecule has 1 fully saturated rings. The number of carbonyl (C=O) groups excluding carboxylic acids is 2. The van der Waals surface area contributed by atoms with E-state index < -0.39 is 17.8 Å². The fraction of sp³-hybridized carbons (Fsp3) is 0.391. The Kier molecular flexibility index (Phi) is 6.86. The molecule has 1 heterocycles. The Bertz CT molecular complexity index is 828. The summed E-state index contributed by atoms with van der Waals surface area (Å²) < 4.78 is 13.1. The van der Waals surface area contributed by atoms with Crippen molar-refractivity contribution in [3.8, 4) is 0 Å². The lowest BCUT2D eigenvalue weighted by molar-refractivity contribution is -0.118. The normalized spacial score (nSPS) is 15.1. The maximum atomic E-state index is 13.1. The summed E-state index contributed by atoms with van der Waals surface area (Å²) in [5, 5.41) is 5.64. The monoisotopic (exact) mass is 397 g/mol. The van der Waals surface area contributed by atoms with Gasteiger partial charge in [-0.3, -0.25) is 9.59 Å². The van der Waals surface area contributed by atoms with Crippen LogP contribution in [0.25, 0.3) is 0 Å². The Morgan fingerprint density at radius 3 is 2.14 bits per heavy atom. The molecule has 154 valence electrons. The second kappa shape index (κ2) is 9.54. The lowest BCUT2D eigenvalue weighted by Crippen LogP contribution is -2.47. The second-order valence-electron chi connectivity index (χ2n) is 7.79. The van der Waals surface area contributed by atoms with Gasteiger partial charge in [-0.2, -0.15) is 0 Å². The van der Waals surface area contributed by atoms with Crippen molar-refractivity contribution < 1.29 is 14.0 Å². The number of nitrogens with zero attached hydrogens (tertiary/aromatic N) is 1. The molecule has 3 rings (SSSR count). The average molecular weight is 397 g/mol. The average Bonchev–Trinajstić information content (AvgIpc) is 2.73. The van der Waals surface area contributed by atoms with E-state index in [-0.39, 0.29) is 11.8 Å². The topological polar surface area (TPSA) is 61.4 Å². The minimum atomic E-state index is -0.700. The Balaban J connectivity index is 1.63. The van der Waals surface area contributed by atoms with Gasteiger partial charge in [0.25, 0.3) is 5.91 Å². The van der Waals surface area contributed by atoms with Crippen LogP contribution in [0.4, 0.5) is 15.8 Å². The van der Waals surface area contributed by atoms with Crippen LogP contribution < -0.4 is 15.5 Å². The van der Waals surface area contributed by atoms with E-state index >= 15 is 0 Å². The predicted molar refractivity (Wildman–Crippen MR) is 114 cm³/mol. The van der Waals surface area contributed by atoms with Gasteiger partial charge in [0.1, 0.15) is 11.9 Å². The van der Waals surface area contributed by atoms with Crippen LogP contribution in [0.2, 0.25) is 0 Å². The van der Waals surface area contributed by atoms with Gasteiger partial charge < -0.3 is 15.5 Å². The van der Waals surface area contributed by atoms with Crippen molar-refractivity contribution in [3.05, 3.63) is 59.9 Å². The maximum Gasteiger partial charge on any atom is 0.251 e. The molecule has 5 nitrogen and oxygen atoms in total. The smallest absolute Gasteiger partial charge is 0.251 e. The summed E-state index contributed by atoms with van der Waals surface area (Å²) in [7, 11) is 0. The minimum absolute atomic E-state index is 0.105. The van der Waals surface area contributed by atoms with Crippen LogP contribution in [-0.2, 0) is 4.79 Å². The molecular formula is C23H28FN3O2. The zero-order valence-electron chi connectivity index (χ0n) is 17.0. The fourth-order valence-corrected chi connectivity index (χ4v) is 3.49. The van der Waals surface area contributed by atoms with Crippen LogP contribution in [0, 0.1) is 11.7 Å². The molecule has 0 aromatic heterocycles. The lowest BCUT2D eigenvalue weighted by Gasteiger charge is -2.29. The fourth-order valence-electron chi connectivity index (χ4n) is 3.49. The molecule has 1 saturated heterocycles. The Morgan fingerprint density at radius 2 is 1.55 bits per heavy atom. The van der Waals surface area contributed by atoms with Crippen molar-refractivity contribution >= 4 is 23.2 Å². The first kappa shape index (κ1) is 20.8. The van der Waals surface area contributed by atoms with Crippen LogP contribution in [-0.4, -0.2) is 30.9 Å². The molecule has 29 heavy (non-hydrogen) atoms. The quantitative estimate of drug-likeness (QED) is 0.768. The minimum Gasteiger partial charge on any atom is -0.372 e. The summed E-state index contributed by atoms with van der Waals surface area (Å²) in [6.45, 7) is 5.87. The summed E-state index contributed by atoms with van der Waals surface area (Å²) >= 11 is 0. The number of hydrogen-bond donors (Lipinski definition) is 2. The van der Waals surface area contributed by atoms with Crippen molar-refractivity contribution in [2.45, 2.75) is 39.2 Å². The summed E-state index contributed by atoms with van der Waals surface area (Å²) in [6, 6.07) is 12.4. The molecule has 2 aromatic rings. The molecule has 6 heteroatoms. The van der Waals surface area contributed by atoms with Gasteiger partial charge in [-0.25, -0.2) is 4.39 Å². The van der Waals surface area contributed by atoms with Crippen LogP contribution in [0.5, 0.6) is 0 Å². The zero-order chi connectivity index (χ0) is 20.8. The molecule has 0 saturated carbocycles. The van der Waals surface area contributed by atoms with Gasteiger partial charge in [0, 0.05) is 30.0 Å². The van der Waals surface area contributed by atoms with Crippen LogP contribution >= 0.6 is 0 Å². The molecule has 0 bridgehead atoms. The molecular weight excluding hydrogens is 369 g/mol. The third-order valence-corrected chi connectivity index (χ3v) is 5.20. The SMILES string of the molecule is CC(C)C(NC(=O)c1ccc(F)cc1)C(=O)Nc1ccc(N2CCCCC2)cc1. The van der Waals surface area contributed by atoms with Gasteiger partial charge in [0.05, 0.1) is 0 Å². The van der Waals surface area contributed by atoms with Crippen molar-refractivity contribution in [2.75, 3.05) is 23.3 Å². The molecule has 1 atom stereocenters. The van der Waals surface area contributed by atoms with Crippen LogP contribution in [0.3, 0.4) is 0 Å². The van der Waals surface area contributed by atoms with Gasteiger partial charge >= 0.3 is 0 Å². The van der Waals surface area contributed by atoms with Crippen LogP contribution in [0.15, 0.2) is 48.5 Å². The third kappa shape index (κ3) is 5.56. The molecule has 2 aromatic carbocycles. The summed E-state index contributed by atoms with van der Waals surface area (Å²) in [4.78, 5) is 27.5. The van der Waals surface area contributed by atoms with Gasteiger partial charge in [-0.15, -0.1) is 0 Å². The molecule has 1 aliphatic heterocycles. The van der Waals surface area contributed by atoms with E-state index in [1.165, 1.54) is 43.5 Å². The number of rotatable bonds is 6. The van der Waals surface area contributed by atoms with E-state index in [0.717, 1.165) is 18.8 Å². The maximum absolute atomic E-state index is 13.1. The number of hydrogen-bond acceptors (Lipinski definition) is 3. The zero-order valence-corrected chi connectivity index (χ0v) is 17.0. The van der Waals surface area contributed by atoms with Crippen molar-refractivity contribution in [1.82, 2.24) is 5.32 Å². The standard InChI is InChI=1S/C23H28FN3O2/c1-16(2)21(26-22(28)17-6-8-18(24)9-7-17)23(29)25-19-10-12-20(13-11-19)27-14-4-3-5-15-27/h6-13,16,21H,3-5,14-15H2,1-2H3,(H,25,29)(H,26,28). The number of anilines is 2. The second-order valence-corrected chi connectivity index (χ2v) is 7.79. The number of amides is 2. The number of nitrogens with one attached hydrogen (secondary N) is 2. The van der Waals surface area contributed by atoms with E-state index in [4.69, 9.17) is 0 Å².